The molecule has 0 radical (unpaired) electrons. The van der Waals surface area contributed by atoms with Crippen LogP contribution in [-0.4, -0.2) is 46.0 Å². The van der Waals surface area contributed by atoms with E-state index in [1.54, 1.807) is 0 Å². The highest BCUT2D eigenvalue weighted by molar-refractivity contribution is 6.02. The Kier molecular flexibility index (Phi) is 3.45. The van der Waals surface area contributed by atoms with Crippen LogP contribution in [0.15, 0.2) is 0 Å². The van der Waals surface area contributed by atoms with E-state index in [1.165, 1.54) is 4.90 Å². The lowest BCUT2D eigenvalue weighted by Gasteiger charge is -2.25. The average molecular weight is 266 g/mol. The molecule has 2 rings (SSSR count). The summed E-state index contributed by atoms with van der Waals surface area (Å²) in [5, 5.41) is 2.19. The number of rotatable bonds is 3. The Morgan fingerprint density at radius 3 is 2.42 bits per heavy atom. The third-order valence-corrected chi connectivity index (χ3v) is 2.19. The van der Waals surface area contributed by atoms with Crippen LogP contribution < -0.4 is 20.7 Å². The summed E-state index contributed by atoms with van der Waals surface area (Å²) in [6.45, 7) is 3.60. The average Bonchev–Trinajstić information content (AvgIpc) is 2.25. The maximum atomic E-state index is 11.3. The van der Waals surface area contributed by atoms with Crippen LogP contribution in [0.4, 0.5) is 11.9 Å². The summed E-state index contributed by atoms with van der Waals surface area (Å²) < 4.78 is 5.33. The van der Waals surface area contributed by atoms with Crippen molar-refractivity contribution in [2.24, 2.45) is 0 Å². The van der Waals surface area contributed by atoms with Crippen LogP contribution in [0.25, 0.3) is 0 Å². The summed E-state index contributed by atoms with van der Waals surface area (Å²) >= 11 is 0. The first-order chi connectivity index (χ1) is 8.94. The van der Waals surface area contributed by atoms with Gasteiger partial charge in [-0.25, -0.2) is 0 Å². The molecule has 2 amide bonds. The van der Waals surface area contributed by atoms with Crippen LogP contribution in [0.2, 0.25) is 0 Å². The van der Waals surface area contributed by atoms with Gasteiger partial charge in [-0.2, -0.15) is 15.0 Å². The van der Waals surface area contributed by atoms with E-state index in [-0.39, 0.29) is 37.1 Å². The number of nitrogens with zero attached hydrogens (tertiary/aromatic N) is 4. The fraction of sp³-hybridized carbons (Fsp3) is 0.500. The molecule has 19 heavy (non-hydrogen) atoms. The summed E-state index contributed by atoms with van der Waals surface area (Å²) in [5.41, 5.74) is 5.56. The van der Waals surface area contributed by atoms with E-state index >= 15 is 0 Å². The van der Waals surface area contributed by atoms with Gasteiger partial charge in [0.2, 0.25) is 23.7 Å². The molecular weight excluding hydrogens is 252 g/mol. The number of piperazine rings is 1. The van der Waals surface area contributed by atoms with Gasteiger partial charge in [0, 0.05) is 0 Å². The zero-order valence-electron chi connectivity index (χ0n) is 10.6. The molecule has 0 spiro atoms. The SMILES string of the molecule is CC(C)Oc1nc(N)nc(N2CC(=O)NC(=O)C2)n1. The largest absolute Gasteiger partial charge is 0.461 e. The van der Waals surface area contributed by atoms with Crippen molar-refractivity contribution in [1.82, 2.24) is 20.3 Å². The van der Waals surface area contributed by atoms with Gasteiger partial charge in [0.1, 0.15) is 13.1 Å². The summed E-state index contributed by atoms with van der Waals surface area (Å²) in [4.78, 5) is 35.8. The van der Waals surface area contributed by atoms with E-state index in [1.807, 2.05) is 13.8 Å². The zero-order chi connectivity index (χ0) is 14.0. The molecule has 0 aromatic carbocycles. The minimum atomic E-state index is -0.415. The molecule has 0 atom stereocenters. The van der Waals surface area contributed by atoms with E-state index in [2.05, 4.69) is 20.3 Å². The number of nitrogens with one attached hydrogen (secondary N) is 1. The lowest BCUT2D eigenvalue weighted by Crippen LogP contribution is -2.52. The highest BCUT2D eigenvalue weighted by atomic mass is 16.5. The van der Waals surface area contributed by atoms with Crippen molar-refractivity contribution in [2.75, 3.05) is 23.7 Å². The first-order valence-electron chi connectivity index (χ1n) is 5.70. The molecule has 0 bridgehead atoms. The molecule has 2 heterocycles. The van der Waals surface area contributed by atoms with E-state index in [4.69, 9.17) is 10.5 Å². The van der Waals surface area contributed by atoms with Crippen molar-refractivity contribution in [2.45, 2.75) is 20.0 Å². The molecule has 1 fully saturated rings. The third kappa shape index (κ3) is 3.27. The van der Waals surface area contributed by atoms with Gasteiger partial charge in [0.25, 0.3) is 0 Å². The van der Waals surface area contributed by atoms with Gasteiger partial charge in [-0.3, -0.25) is 14.9 Å². The summed E-state index contributed by atoms with van der Waals surface area (Å²) in [7, 11) is 0. The van der Waals surface area contributed by atoms with Gasteiger partial charge < -0.3 is 15.4 Å². The quantitative estimate of drug-likeness (QED) is 0.647. The second-order valence-electron chi connectivity index (χ2n) is 4.27. The molecule has 0 saturated carbocycles. The molecule has 1 saturated heterocycles. The Morgan fingerprint density at radius 2 is 1.84 bits per heavy atom. The predicted molar refractivity (Wildman–Crippen MR) is 65.4 cm³/mol. The molecule has 0 aliphatic carbocycles. The van der Waals surface area contributed by atoms with Crippen molar-refractivity contribution >= 4 is 23.7 Å². The number of ether oxygens (including phenoxy) is 1. The Labute approximate surface area is 109 Å². The maximum absolute atomic E-state index is 11.3. The van der Waals surface area contributed by atoms with E-state index < -0.39 is 11.8 Å². The number of amides is 2. The van der Waals surface area contributed by atoms with Gasteiger partial charge in [-0.15, -0.1) is 0 Å². The van der Waals surface area contributed by atoms with Gasteiger partial charge in [0.15, 0.2) is 0 Å². The number of carbonyl (C=O) groups is 2. The lowest BCUT2D eigenvalue weighted by atomic mass is 10.3. The molecule has 9 heteroatoms. The summed E-state index contributed by atoms with van der Waals surface area (Å²) in [5.74, 6) is -0.714. The van der Waals surface area contributed by atoms with Crippen LogP contribution in [-0.2, 0) is 9.59 Å². The number of nitrogens with two attached hydrogens (primary N) is 1. The van der Waals surface area contributed by atoms with Gasteiger partial charge in [-0.05, 0) is 13.8 Å². The van der Waals surface area contributed by atoms with Crippen molar-refractivity contribution in [3.05, 3.63) is 0 Å². The van der Waals surface area contributed by atoms with E-state index in [0.717, 1.165) is 0 Å². The second-order valence-corrected chi connectivity index (χ2v) is 4.27. The van der Waals surface area contributed by atoms with Crippen molar-refractivity contribution in [3.8, 4) is 6.01 Å². The Morgan fingerprint density at radius 1 is 1.21 bits per heavy atom. The fourth-order valence-corrected chi connectivity index (χ4v) is 1.54. The van der Waals surface area contributed by atoms with Crippen LogP contribution in [0, 0.1) is 0 Å². The standard InChI is InChI=1S/C10H14N6O3/c1-5(2)19-10-14-8(11)13-9(15-10)16-3-6(17)12-7(18)4-16/h5H,3-4H2,1-2H3,(H,12,17,18)(H2,11,13,14,15). The Balaban J connectivity index is 2.26. The number of hydrogen-bond acceptors (Lipinski definition) is 8. The Bertz CT molecular complexity index is 502. The predicted octanol–water partition coefficient (Wildman–Crippen LogP) is -1.30. The smallest absolute Gasteiger partial charge is 0.323 e. The van der Waals surface area contributed by atoms with E-state index in [9.17, 15) is 9.59 Å². The topological polar surface area (TPSA) is 123 Å². The molecule has 1 aromatic heterocycles. The van der Waals surface area contributed by atoms with Crippen LogP contribution in [0.1, 0.15) is 13.8 Å². The maximum Gasteiger partial charge on any atom is 0.323 e. The molecule has 1 aromatic rings. The number of imide groups is 1. The molecular formula is C10H14N6O3. The summed E-state index contributed by atoms with van der Waals surface area (Å²) in [6.07, 6.45) is -0.124. The molecule has 1 aliphatic rings. The van der Waals surface area contributed by atoms with Crippen LogP contribution >= 0.6 is 0 Å². The minimum absolute atomic E-state index is 0.0175. The summed E-state index contributed by atoms with van der Waals surface area (Å²) in [6, 6.07) is 0.0657. The fourth-order valence-electron chi connectivity index (χ4n) is 1.54. The van der Waals surface area contributed by atoms with Crippen LogP contribution in [0.5, 0.6) is 6.01 Å². The van der Waals surface area contributed by atoms with Crippen molar-refractivity contribution in [1.29, 1.82) is 0 Å². The Hall–Kier alpha value is -2.45. The molecule has 102 valence electrons. The molecule has 9 nitrogen and oxygen atoms in total. The van der Waals surface area contributed by atoms with E-state index in [0.29, 0.717) is 0 Å². The minimum Gasteiger partial charge on any atom is -0.461 e. The second kappa shape index (κ2) is 5.04. The number of nitrogen functional groups attached to an aromatic ring is 1. The third-order valence-electron chi connectivity index (χ3n) is 2.19. The number of carbonyl (C=O) groups excluding carboxylic acids is 2. The van der Waals surface area contributed by atoms with Gasteiger partial charge >= 0.3 is 6.01 Å². The molecule has 3 N–H and O–H groups in total. The molecule has 0 unspecified atom stereocenters. The van der Waals surface area contributed by atoms with Crippen LogP contribution in [0.3, 0.4) is 0 Å². The lowest BCUT2D eigenvalue weighted by molar-refractivity contribution is -0.130. The number of hydrogen-bond donors (Lipinski definition) is 2. The first-order valence-corrected chi connectivity index (χ1v) is 5.70. The van der Waals surface area contributed by atoms with Crippen molar-refractivity contribution in [3.63, 3.8) is 0 Å². The van der Waals surface area contributed by atoms with Gasteiger partial charge in [-0.1, -0.05) is 0 Å². The highest BCUT2D eigenvalue weighted by Gasteiger charge is 2.25. The first kappa shape index (κ1) is 13.0. The normalized spacial score (nSPS) is 15.6. The zero-order valence-corrected chi connectivity index (χ0v) is 10.6. The highest BCUT2D eigenvalue weighted by Crippen LogP contribution is 2.15. The number of aromatic nitrogens is 3. The number of anilines is 2. The molecule has 1 aliphatic heterocycles. The van der Waals surface area contributed by atoms with Gasteiger partial charge in [0.05, 0.1) is 6.10 Å². The van der Waals surface area contributed by atoms with Crippen molar-refractivity contribution < 1.29 is 14.3 Å². The monoisotopic (exact) mass is 266 g/mol.